The first-order chi connectivity index (χ1) is 9.17. The minimum absolute atomic E-state index is 0.104. The summed E-state index contributed by atoms with van der Waals surface area (Å²) in [6.07, 6.45) is 4.66. The van der Waals surface area contributed by atoms with Gasteiger partial charge in [0, 0.05) is 25.4 Å². The lowest BCUT2D eigenvalue weighted by molar-refractivity contribution is 0.0683. The average Bonchev–Trinajstić information content (AvgIpc) is 2.64. The highest BCUT2D eigenvalue weighted by atomic mass is 32.2. The van der Waals surface area contributed by atoms with Crippen LogP contribution in [0, 0.1) is 0 Å². The molecular weight excluding hydrogens is 296 g/mol. The number of rotatable bonds is 5. The first kappa shape index (κ1) is 15.5. The van der Waals surface area contributed by atoms with Crippen LogP contribution in [-0.4, -0.2) is 57.2 Å². The van der Waals surface area contributed by atoms with Crippen molar-refractivity contribution in [3.63, 3.8) is 0 Å². The number of nitrogens with two attached hydrogens (primary N) is 1. The van der Waals surface area contributed by atoms with Crippen LogP contribution in [0.15, 0.2) is 4.90 Å². The van der Waals surface area contributed by atoms with Gasteiger partial charge in [0.2, 0.25) is 0 Å². The molecule has 0 amide bonds. The molecule has 1 saturated carbocycles. The second-order valence-electron chi connectivity index (χ2n) is 5.80. The molecule has 0 saturated heterocycles. The molecule has 2 N–H and O–H groups in total. The Balaban J connectivity index is 2.29. The van der Waals surface area contributed by atoms with Crippen molar-refractivity contribution in [2.75, 3.05) is 44.6 Å². The monoisotopic (exact) mass is 318 g/mol. The van der Waals surface area contributed by atoms with Gasteiger partial charge >= 0.3 is 0 Å². The van der Waals surface area contributed by atoms with E-state index >= 15 is 0 Å². The molecule has 0 radical (unpaired) electrons. The molecule has 8 heteroatoms. The minimum atomic E-state index is -3.36. The summed E-state index contributed by atoms with van der Waals surface area (Å²) < 4.78 is 27.8. The van der Waals surface area contributed by atoms with Gasteiger partial charge in [0.1, 0.15) is 9.90 Å². The Morgan fingerprint density at radius 3 is 2.35 bits per heavy atom. The van der Waals surface area contributed by atoms with Crippen LogP contribution in [0.25, 0.3) is 0 Å². The molecular formula is C12H22N4O2S2. The van der Waals surface area contributed by atoms with Crippen molar-refractivity contribution >= 4 is 32.2 Å². The van der Waals surface area contributed by atoms with Crippen LogP contribution in [0.4, 0.5) is 10.8 Å². The second-order valence-corrected chi connectivity index (χ2v) is 8.51. The van der Waals surface area contributed by atoms with E-state index in [1.165, 1.54) is 12.7 Å². The van der Waals surface area contributed by atoms with Crippen LogP contribution in [0.3, 0.4) is 0 Å². The fourth-order valence-corrected chi connectivity index (χ4v) is 4.91. The zero-order valence-electron chi connectivity index (χ0n) is 12.4. The topological polar surface area (TPSA) is 79.5 Å². The fourth-order valence-electron chi connectivity index (χ4n) is 2.72. The normalized spacial score (nSPS) is 18.1. The molecule has 0 aromatic carbocycles. The maximum Gasteiger partial charge on any atom is 0.182 e. The van der Waals surface area contributed by atoms with Gasteiger partial charge in [-0.3, -0.25) is 0 Å². The molecule has 1 aliphatic rings. The van der Waals surface area contributed by atoms with Crippen molar-refractivity contribution in [2.45, 2.75) is 29.7 Å². The SMILES string of the molecule is CN(CC1(N(C)C)CCC1)c1snc(N)c1S(C)(=O)=O. The molecule has 2 rings (SSSR count). The highest BCUT2D eigenvalue weighted by molar-refractivity contribution is 7.91. The Morgan fingerprint density at radius 1 is 1.35 bits per heavy atom. The molecule has 114 valence electrons. The van der Waals surface area contributed by atoms with Gasteiger partial charge < -0.3 is 15.5 Å². The first-order valence-corrected chi connectivity index (χ1v) is 9.18. The summed E-state index contributed by atoms with van der Waals surface area (Å²) in [5.41, 5.74) is 5.85. The quantitative estimate of drug-likeness (QED) is 0.874. The van der Waals surface area contributed by atoms with Crippen molar-refractivity contribution in [1.29, 1.82) is 0 Å². The Labute approximate surface area is 124 Å². The molecule has 1 heterocycles. The Kier molecular flexibility index (Phi) is 4.01. The van der Waals surface area contributed by atoms with Gasteiger partial charge in [-0.2, -0.15) is 4.37 Å². The van der Waals surface area contributed by atoms with Crippen molar-refractivity contribution in [3.05, 3.63) is 0 Å². The summed E-state index contributed by atoms with van der Waals surface area (Å²) in [7, 11) is 2.70. The molecule has 1 aliphatic carbocycles. The Hall–Kier alpha value is -0.860. The van der Waals surface area contributed by atoms with Crippen LogP contribution in [0.5, 0.6) is 0 Å². The van der Waals surface area contributed by atoms with Crippen LogP contribution < -0.4 is 10.6 Å². The van der Waals surface area contributed by atoms with Gasteiger partial charge in [0.15, 0.2) is 15.7 Å². The number of nitrogens with zero attached hydrogens (tertiary/aromatic N) is 3. The zero-order valence-corrected chi connectivity index (χ0v) is 14.0. The molecule has 1 aromatic rings. The van der Waals surface area contributed by atoms with Crippen molar-refractivity contribution in [2.24, 2.45) is 0 Å². The molecule has 0 aliphatic heterocycles. The molecule has 0 bridgehead atoms. The predicted molar refractivity (Wildman–Crippen MR) is 83.2 cm³/mol. The van der Waals surface area contributed by atoms with E-state index in [4.69, 9.17) is 5.73 Å². The van der Waals surface area contributed by atoms with E-state index in [1.54, 1.807) is 0 Å². The number of hydrogen-bond acceptors (Lipinski definition) is 7. The largest absolute Gasteiger partial charge is 0.382 e. The summed E-state index contributed by atoms with van der Waals surface area (Å²) in [5, 5.41) is 0.637. The first-order valence-electron chi connectivity index (χ1n) is 6.51. The molecule has 0 atom stereocenters. The highest BCUT2D eigenvalue weighted by Crippen LogP contribution is 2.40. The number of nitrogen functional groups attached to an aromatic ring is 1. The number of sulfone groups is 1. The molecule has 1 aromatic heterocycles. The standard InChI is InChI=1S/C12H22N4O2S2/c1-15(2)12(6-5-7-12)8-16(3)11-9(20(4,17)18)10(13)14-19-11/h5-8H2,1-4H3,(H2,13,14). The van der Waals surface area contributed by atoms with Crippen molar-refractivity contribution in [3.8, 4) is 0 Å². The number of aromatic nitrogens is 1. The smallest absolute Gasteiger partial charge is 0.182 e. The van der Waals surface area contributed by atoms with Gasteiger partial charge in [-0.1, -0.05) is 0 Å². The third kappa shape index (κ3) is 2.64. The third-order valence-corrected chi connectivity index (χ3v) is 6.39. The Bertz CT molecular complexity index is 591. The molecule has 20 heavy (non-hydrogen) atoms. The highest BCUT2D eigenvalue weighted by Gasteiger charge is 2.40. The van der Waals surface area contributed by atoms with Gasteiger partial charge in [-0.05, 0) is 44.9 Å². The van der Waals surface area contributed by atoms with E-state index in [2.05, 4.69) is 23.4 Å². The number of anilines is 2. The predicted octanol–water partition coefficient (Wildman–Crippen LogP) is 1.05. The summed E-state index contributed by atoms with van der Waals surface area (Å²) in [6.45, 7) is 0.782. The molecule has 6 nitrogen and oxygen atoms in total. The van der Waals surface area contributed by atoms with E-state index in [1.807, 2.05) is 11.9 Å². The summed E-state index contributed by atoms with van der Waals surface area (Å²) >= 11 is 1.15. The van der Waals surface area contributed by atoms with Crippen LogP contribution in [-0.2, 0) is 9.84 Å². The summed E-state index contributed by atoms with van der Waals surface area (Å²) in [5.74, 6) is 0.104. The van der Waals surface area contributed by atoms with Gasteiger partial charge in [-0.25, -0.2) is 8.42 Å². The lowest BCUT2D eigenvalue weighted by atomic mass is 9.75. The maximum atomic E-state index is 11.9. The molecule has 1 fully saturated rings. The van der Waals surface area contributed by atoms with Crippen molar-refractivity contribution in [1.82, 2.24) is 9.27 Å². The summed E-state index contributed by atoms with van der Waals surface area (Å²) in [6, 6.07) is 0. The van der Waals surface area contributed by atoms with Crippen molar-refractivity contribution < 1.29 is 8.42 Å². The van der Waals surface area contributed by atoms with Gasteiger partial charge in [0.05, 0.1) is 0 Å². The lowest BCUT2D eigenvalue weighted by Crippen LogP contribution is -2.56. The molecule has 0 unspecified atom stereocenters. The average molecular weight is 318 g/mol. The number of likely N-dealkylation sites (N-methyl/N-ethyl adjacent to an activating group) is 2. The van der Waals surface area contributed by atoms with E-state index < -0.39 is 9.84 Å². The molecule has 0 spiro atoms. The van der Waals surface area contributed by atoms with E-state index in [0.29, 0.717) is 5.00 Å². The van der Waals surface area contributed by atoms with Gasteiger partial charge in [0.25, 0.3) is 0 Å². The van der Waals surface area contributed by atoms with E-state index in [0.717, 1.165) is 30.9 Å². The van der Waals surface area contributed by atoms with Gasteiger partial charge in [-0.15, -0.1) is 0 Å². The fraction of sp³-hybridized carbons (Fsp3) is 0.750. The van der Waals surface area contributed by atoms with Crippen LogP contribution >= 0.6 is 11.5 Å². The Morgan fingerprint density at radius 2 is 1.95 bits per heavy atom. The zero-order chi connectivity index (χ0) is 15.1. The second kappa shape index (κ2) is 5.16. The van der Waals surface area contributed by atoms with E-state index in [-0.39, 0.29) is 16.3 Å². The van der Waals surface area contributed by atoms with E-state index in [9.17, 15) is 8.42 Å². The minimum Gasteiger partial charge on any atom is -0.382 e. The third-order valence-electron chi connectivity index (χ3n) is 4.14. The van der Waals surface area contributed by atoms with Crippen LogP contribution in [0.2, 0.25) is 0 Å². The summed E-state index contributed by atoms with van der Waals surface area (Å²) in [4.78, 5) is 4.37. The lowest BCUT2D eigenvalue weighted by Gasteiger charge is -2.49. The number of hydrogen-bond donors (Lipinski definition) is 1. The van der Waals surface area contributed by atoms with Crippen LogP contribution in [0.1, 0.15) is 19.3 Å². The maximum absolute atomic E-state index is 11.9.